The van der Waals surface area contributed by atoms with Gasteiger partial charge in [0.25, 0.3) is 10.0 Å². The molecule has 1 saturated heterocycles. The molecule has 0 unspecified atom stereocenters. The Hall–Kier alpha value is -2.19. The van der Waals surface area contributed by atoms with E-state index in [1.54, 1.807) is 26.0 Å². The molecule has 0 radical (unpaired) electrons. The van der Waals surface area contributed by atoms with Crippen molar-refractivity contribution in [3.63, 3.8) is 0 Å². The highest BCUT2D eigenvalue weighted by Gasteiger charge is 2.21. The molecule has 0 spiro atoms. The third-order valence-electron chi connectivity index (χ3n) is 4.58. The zero-order valence-corrected chi connectivity index (χ0v) is 16.4. The largest absolute Gasteiger partial charge is 0.378 e. The highest BCUT2D eigenvalue weighted by Crippen LogP contribution is 2.25. The number of benzene rings is 1. The lowest BCUT2D eigenvalue weighted by atomic mass is 10.1. The van der Waals surface area contributed by atoms with Crippen LogP contribution < -0.4 is 9.62 Å². The summed E-state index contributed by atoms with van der Waals surface area (Å²) < 4.78 is 33.5. The zero-order chi connectivity index (χ0) is 18.9. The van der Waals surface area contributed by atoms with Crippen LogP contribution in [0.4, 0.5) is 11.6 Å². The number of hydrogen-bond acceptors (Lipinski definition) is 6. The molecule has 0 saturated carbocycles. The topological polar surface area (TPSA) is 84.4 Å². The number of sulfonamides is 1. The van der Waals surface area contributed by atoms with Gasteiger partial charge in [0.15, 0.2) is 0 Å². The van der Waals surface area contributed by atoms with Gasteiger partial charge < -0.3 is 9.64 Å². The van der Waals surface area contributed by atoms with E-state index in [2.05, 4.69) is 14.7 Å². The van der Waals surface area contributed by atoms with Gasteiger partial charge in [0.1, 0.15) is 0 Å². The lowest BCUT2D eigenvalue weighted by Gasteiger charge is -2.27. The van der Waals surface area contributed by atoms with Crippen molar-refractivity contribution in [1.82, 2.24) is 9.97 Å². The molecule has 1 fully saturated rings. The minimum absolute atomic E-state index is 0.233. The fourth-order valence-corrected chi connectivity index (χ4v) is 4.09. The zero-order valence-electron chi connectivity index (χ0n) is 15.5. The van der Waals surface area contributed by atoms with Crippen LogP contribution in [-0.2, 0) is 14.8 Å². The molecular formula is C18H24N4O3S. The van der Waals surface area contributed by atoms with Gasteiger partial charge in [-0.1, -0.05) is 6.07 Å². The van der Waals surface area contributed by atoms with E-state index in [0.29, 0.717) is 36.2 Å². The van der Waals surface area contributed by atoms with Crippen molar-refractivity contribution in [2.75, 3.05) is 35.9 Å². The first-order valence-corrected chi connectivity index (χ1v) is 10.0. The summed E-state index contributed by atoms with van der Waals surface area (Å²) in [6.07, 6.45) is 0. The molecule has 0 atom stereocenters. The summed E-state index contributed by atoms with van der Waals surface area (Å²) in [5.74, 6) is 0.609. The van der Waals surface area contributed by atoms with Crippen LogP contribution >= 0.6 is 0 Å². The Morgan fingerprint density at radius 1 is 1.00 bits per heavy atom. The van der Waals surface area contributed by atoms with Crippen LogP contribution in [0, 0.1) is 27.7 Å². The minimum Gasteiger partial charge on any atom is -0.378 e. The summed E-state index contributed by atoms with van der Waals surface area (Å²) >= 11 is 0. The monoisotopic (exact) mass is 376 g/mol. The number of rotatable bonds is 4. The summed E-state index contributed by atoms with van der Waals surface area (Å²) in [6, 6.07) is 5.09. The fraction of sp³-hybridized carbons (Fsp3) is 0.444. The molecule has 26 heavy (non-hydrogen) atoms. The van der Waals surface area contributed by atoms with Crippen molar-refractivity contribution >= 4 is 21.7 Å². The first-order valence-electron chi connectivity index (χ1n) is 8.56. The normalized spacial score (nSPS) is 15.2. The van der Waals surface area contributed by atoms with E-state index in [4.69, 9.17) is 4.74 Å². The number of morpholine rings is 1. The molecular weight excluding hydrogens is 352 g/mol. The van der Waals surface area contributed by atoms with E-state index in [1.165, 1.54) is 0 Å². The van der Waals surface area contributed by atoms with Crippen LogP contribution in [0.15, 0.2) is 23.1 Å². The SMILES string of the molecule is Cc1ccc(S(=O)(=O)Nc2c(C)nc(N3CCOCC3)nc2C)cc1C. The second-order valence-electron chi connectivity index (χ2n) is 6.52. The molecule has 7 nitrogen and oxygen atoms in total. The average molecular weight is 376 g/mol. The maximum Gasteiger partial charge on any atom is 0.262 e. The molecule has 2 heterocycles. The first kappa shape index (κ1) is 18.6. The third-order valence-corrected chi connectivity index (χ3v) is 5.93. The number of hydrogen-bond donors (Lipinski definition) is 1. The van der Waals surface area contributed by atoms with Crippen LogP contribution in [0.1, 0.15) is 22.5 Å². The van der Waals surface area contributed by atoms with Gasteiger partial charge in [0, 0.05) is 13.1 Å². The predicted octanol–water partition coefficient (Wildman–Crippen LogP) is 2.35. The standard InChI is InChI=1S/C18H24N4O3S/c1-12-5-6-16(11-13(12)2)26(23,24)21-17-14(3)19-18(20-15(17)4)22-7-9-25-10-8-22/h5-6,11,21H,7-10H2,1-4H3. The molecule has 0 aliphatic carbocycles. The molecule has 2 aromatic rings. The molecule has 140 valence electrons. The van der Waals surface area contributed by atoms with E-state index in [9.17, 15) is 8.42 Å². The lowest BCUT2D eigenvalue weighted by Crippen LogP contribution is -2.37. The summed E-state index contributed by atoms with van der Waals surface area (Å²) in [5, 5.41) is 0. The Bertz CT molecular complexity index is 899. The Morgan fingerprint density at radius 3 is 2.19 bits per heavy atom. The van der Waals surface area contributed by atoms with Gasteiger partial charge in [-0.2, -0.15) is 0 Å². The van der Waals surface area contributed by atoms with Crippen molar-refractivity contribution < 1.29 is 13.2 Å². The van der Waals surface area contributed by atoms with E-state index < -0.39 is 10.0 Å². The molecule has 0 amide bonds. The van der Waals surface area contributed by atoms with E-state index in [0.717, 1.165) is 24.2 Å². The highest BCUT2D eigenvalue weighted by atomic mass is 32.2. The molecule has 8 heteroatoms. The van der Waals surface area contributed by atoms with Crippen LogP contribution in [0.25, 0.3) is 0 Å². The van der Waals surface area contributed by atoms with Gasteiger partial charge >= 0.3 is 0 Å². The Balaban J connectivity index is 1.90. The van der Waals surface area contributed by atoms with E-state index >= 15 is 0 Å². The summed E-state index contributed by atoms with van der Waals surface area (Å²) in [6.45, 7) is 10.2. The highest BCUT2D eigenvalue weighted by molar-refractivity contribution is 7.92. The number of anilines is 2. The Labute approximate surface area is 154 Å². The average Bonchev–Trinajstić information content (AvgIpc) is 2.61. The van der Waals surface area contributed by atoms with Gasteiger partial charge in [-0.3, -0.25) is 4.72 Å². The van der Waals surface area contributed by atoms with E-state index in [1.807, 2.05) is 24.8 Å². The third kappa shape index (κ3) is 3.81. The summed E-state index contributed by atoms with van der Waals surface area (Å²) in [4.78, 5) is 11.3. The number of nitrogens with one attached hydrogen (secondary N) is 1. The number of ether oxygens (including phenoxy) is 1. The van der Waals surface area contributed by atoms with Gasteiger partial charge in [-0.25, -0.2) is 18.4 Å². The quantitative estimate of drug-likeness (QED) is 0.882. The fourth-order valence-electron chi connectivity index (χ4n) is 2.83. The van der Waals surface area contributed by atoms with Crippen molar-refractivity contribution in [1.29, 1.82) is 0 Å². The number of aromatic nitrogens is 2. The predicted molar refractivity (Wildman–Crippen MR) is 101 cm³/mol. The maximum atomic E-state index is 12.8. The van der Waals surface area contributed by atoms with Crippen molar-refractivity contribution in [3.8, 4) is 0 Å². The van der Waals surface area contributed by atoms with E-state index in [-0.39, 0.29) is 4.90 Å². The molecule has 0 bridgehead atoms. The van der Waals surface area contributed by atoms with Gasteiger partial charge in [0.05, 0.1) is 35.2 Å². The molecule has 1 N–H and O–H groups in total. The molecule has 1 aliphatic rings. The summed E-state index contributed by atoms with van der Waals surface area (Å²) in [7, 11) is -3.70. The van der Waals surface area contributed by atoms with Crippen molar-refractivity contribution in [3.05, 3.63) is 40.7 Å². The van der Waals surface area contributed by atoms with Crippen molar-refractivity contribution in [2.24, 2.45) is 0 Å². The maximum absolute atomic E-state index is 12.8. The second-order valence-corrected chi connectivity index (χ2v) is 8.20. The van der Waals surface area contributed by atoms with Crippen LogP contribution in [0.5, 0.6) is 0 Å². The van der Waals surface area contributed by atoms with Gasteiger partial charge in [-0.05, 0) is 51.0 Å². The van der Waals surface area contributed by atoms with Gasteiger partial charge in [-0.15, -0.1) is 0 Å². The minimum atomic E-state index is -3.70. The summed E-state index contributed by atoms with van der Waals surface area (Å²) in [5.41, 5.74) is 3.62. The van der Waals surface area contributed by atoms with Gasteiger partial charge in [0.2, 0.25) is 5.95 Å². The van der Waals surface area contributed by atoms with Crippen LogP contribution in [-0.4, -0.2) is 44.7 Å². The van der Waals surface area contributed by atoms with Crippen LogP contribution in [0.3, 0.4) is 0 Å². The lowest BCUT2D eigenvalue weighted by molar-refractivity contribution is 0.122. The number of nitrogens with zero attached hydrogens (tertiary/aromatic N) is 3. The molecule has 1 aromatic carbocycles. The van der Waals surface area contributed by atoms with Crippen LogP contribution in [0.2, 0.25) is 0 Å². The molecule has 3 rings (SSSR count). The number of aryl methyl sites for hydroxylation is 4. The Kier molecular flexibility index (Phi) is 5.15. The molecule has 1 aliphatic heterocycles. The smallest absolute Gasteiger partial charge is 0.262 e. The first-order chi connectivity index (χ1) is 12.3. The van der Waals surface area contributed by atoms with Crippen molar-refractivity contribution in [2.45, 2.75) is 32.6 Å². The second kappa shape index (κ2) is 7.20. The Morgan fingerprint density at radius 2 is 1.62 bits per heavy atom. The molecule has 1 aromatic heterocycles.